The van der Waals surface area contributed by atoms with Gasteiger partial charge in [0.15, 0.2) is 0 Å². The van der Waals surface area contributed by atoms with Crippen LogP contribution in [0.25, 0.3) is 11.1 Å². The lowest BCUT2D eigenvalue weighted by Crippen LogP contribution is -2.56. The number of anilines is 1. The number of benzene rings is 2. The summed E-state index contributed by atoms with van der Waals surface area (Å²) in [7, 11) is 0. The molecule has 2 saturated heterocycles. The zero-order valence-electron chi connectivity index (χ0n) is 17.3. The monoisotopic (exact) mass is 432 g/mol. The van der Waals surface area contributed by atoms with Gasteiger partial charge in [0.2, 0.25) is 5.91 Å². The summed E-state index contributed by atoms with van der Waals surface area (Å²) in [5, 5.41) is 3.76. The maximum Gasteiger partial charge on any atom is 0.247 e. The number of nitrogens with zero attached hydrogens (tertiary/aromatic N) is 3. The molecule has 2 aromatic carbocycles. The number of halogens is 1. The summed E-state index contributed by atoms with van der Waals surface area (Å²) < 4.78 is 0. The number of amides is 1. The Morgan fingerprint density at radius 3 is 2.45 bits per heavy atom. The number of likely N-dealkylation sites (tertiary alicyclic amines) is 1. The maximum atomic E-state index is 12.9. The van der Waals surface area contributed by atoms with Crippen LogP contribution in [0.4, 0.5) is 5.69 Å². The first kappa shape index (κ1) is 20.0. The van der Waals surface area contributed by atoms with Gasteiger partial charge in [0.05, 0.1) is 12.4 Å². The summed E-state index contributed by atoms with van der Waals surface area (Å²) in [5.74, 6) is 0.131. The van der Waals surface area contributed by atoms with E-state index >= 15 is 0 Å². The topological polar surface area (TPSA) is 48.5 Å². The van der Waals surface area contributed by atoms with Crippen LogP contribution < -0.4 is 10.2 Å². The zero-order valence-corrected chi connectivity index (χ0v) is 18.1. The van der Waals surface area contributed by atoms with Crippen LogP contribution in [-0.2, 0) is 11.3 Å². The van der Waals surface area contributed by atoms with Crippen molar-refractivity contribution in [1.29, 1.82) is 0 Å². The van der Waals surface area contributed by atoms with Gasteiger partial charge >= 0.3 is 0 Å². The molecule has 3 heterocycles. The van der Waals surface area contributed by atoms with E-state index < -0.39 is 5.54 Å². The first-order valence-corrected chi connectivity index (χ1v) is 11.1. The molecule has 0 atom stereocenters. The van der Waals surface area contributed by atoms with E-state index in [0.717, 1.165) is 43.9 Å². The number of carbonyl (C=O) groups is 1. The molecule has 2 aliphatic rings. The van der Waals surface area contributed by atoms with Gasteiger partial charge in [-0.1, -0.05) is 41.9 Å². The lowest BCUT2D eigenvalue weighted by atomic mass is 9.85. The molecular weight excluding hydrogens is 408 g/mol. The average Bonchev–Trinajstić information content (AvgIpc) is 3.12. The highest BCUT2D eigenvalue weighted by Gasteiger charge is 2.50. The van der Waals surface area contributed by atoms with E-state index in [0.29, 0.717) is 11.7 Å². The molecule has 1 N–H and O–H groups in total. The Labute approximate surface area is 187 Å². The van der Waals surface area contributed by atoms with E-state index in [9.17, 15) is 4.79 Å². The third kappa shape index (κ3) is 3.91. The summed E-state index contributed by atoms with van der Waals surface area (Å²) in [6.45, 7) is 3.05. The van der Waals surface area contributed by atoms with E-state index in [1.807, 2.05) is 36.5 Å². The fraction of sp³-hybridized carbons (Fsp3) is 0.280. The second-order valence-corrected chi connectivity index (χ2v) is 8.71. The molecule has 2 fully saturated rings. The standard InChI is InChI=1S/C25H25ClN4O/c26-21-6-8-23(9-7-21)30-18-28-24(31)25(30)11-14-29(15-12-25)17-22-16-20(10-13-27-22)19-4-2-1-3-5-19/h1-10,13,16H,11-12,14-15,17-18H2,(H,28,31). The largest absolute Gasteiger partial charge is 0.339 e. The zero-order chi connectivity index (χ0) is 21.3. The molecule has 6 heteroatoms. The molecule has 158 valence electrons. The van der Waals surface area contributed by atoms with Crippen molar-refractivity contribution >= 4 is 23.2 Å². The molecule has 3 aromatic rings. The Morgan fingerprint density at radius 1 is 0.968 bits per heavy atom. The van der Waals surface area contributed by atoms with Crippen molar-refractivity contribution in [2.24, 2.45) is 0 Å². The van der Waals surface area contributed by atoms with E-state index in [-0.39, 0.29) is 5.91 Å². The van der Waals surface area contributed by atoms with E-state index in [2.05, 4.69) is 56.5 Å². The minimum atomic E-state index is -0.482. The molecule has 31 heavy (non-hydrogen) atoms. The molecule has 5 nitrogen and oxygen atoms in total. The van der Waals surface area contributed by atoms with Crippen molar-refractivity contribution in [3.8, 4) is 11.1 Å². The summed E-state index contributed by atoms with van der Waals surface area (Å²) in [5.41, 5.74) is 3.99. The number of hydrogen-bond donors (Lipinski definition) is 1. The Balaban J connectivity index is 1.29. The first-order valence-electron chi connectivity index (χ1n) is 10.7. The minimum absolute atomic E-state index is 0.131. The fourth-order valence-corrected chi connectivity index (χ4v) is 4.86. The van der Waals surface area contributed by atoms with Gasteiger partial charge in [-0.25, -0.2) is 0 Å². The van der Waals surface area contributed by atoms with Crippen LogP contribution in [0.2, 0.25) is 5.02 Å². The molecule has 2 aliphatic heterocycles. The third-order valence-corrected chi connectivity index (χ3v) is 6.72. The average molecular weight is 433 g/mol. The number of hydrogen-bond acceptors (Lipinski definition) is 4. The van der Waals surface area contributed by atoms with Gasteiger partial charge in [0.25, 0.3) is 0 Å². The van der Waals surface area contributed by atoms with Gasteiger partial charge in [0, 0.05) is 36.5 Å². The van der Waals surface area contributed by atoms with Gasteiger partial charge in [-0.05, 0) is 60.4 Å². The molecule has 1 spiro atoms. The maximum absolute atomic E-state index is 12.9. The van der Waals surface area contributed by atoms with Gasteiger partial charge in [-0.3, -0.25) is 14.7 Å². The number of carbonyl (C=O) groups excluding carboxylic acids is 1. The summed E-state index contributed by atoms with van der Waals surface area (Å²) >= 11 is 6.06. The summed E-state index contributed by atoms with van der Waals surface area (Å²) in [6.07, 6.45) is 3.47. The summed E-state index contributed by atoms with van der Waals surface area (Å²) in [4.78, 5) is 22.1. The van der Waals surface area contributed by atoms with E-state index in [4.69, 9.17) is 11.6 Å². The van der Waals surface area contributed by atoms with Crippen LogP contribution in [0.1, 0.15) is 18.5 Å². The van der Waals surface area contributed by atoms with Gasteiger partial charge < -0.3 is 10.2 Å². The number of rotatable bonds is 4. The van der Waals surface area contributed by atoms with Crippen molar-refractivity contribution in [1.82, 2.24) is 15.2 Å². The molecule has 1 aromatic heterocycles. The van der Waals surface area contributed by atoms with Crippen LogP contribution in [0.15, 0.2) is 72.9 Å². The van der Waals surface area contributed by atoms with Gasteiger partial charge in [0.1, 0.15) is 5.54 Å². The molecular formula is C25H25ClN4O. The molecule has 1 amide bonds. The SMILES string of the molecule is O=C1NCN(c2ccc(Cl)cc2)C12CCN(Cc1cc(-c3ccccc3)ccn1)CC2. The van der Waals surface area contributed by atoms with Crippen LogP contribution in [-0.4, -0.2) is 41.1 Å². The lowest BCUT2D eigenvalue weighted by Gasteiger charge is -2.43. The number of pyridine rings is 1. The van der Waals surface area contributed by atoms with Crippen molar-refractivity contribution in [3.63, 3.8) is 0 Å². The normalized spacial score (nSPS) is 18.4. The van der Waals surface area contributed by atoms with Crippen molar-refractivity contribution < 1.29 is 4.79 Å². The Hall–Kier alpha value is -2.89. The van der Waals surface area contributed by atoms with Crippen molar-refractivity contribution in [2.75, 3.05) is 24.7 Å². The second kappa shape index (κ2) is 8.33. The molecule has 0 radical (unpaired) electrons. The lowest BCUT2D eigenvalue weighted by molar-refractivity contribution is -0.125. The predicted octanol–water partition coefficient (Wildman–Crippen LogP) is 4.33. The van der Waals surface area contributed by atoms with Crippen LogP contribution in [0.5, 0.6) is 0 Å². The highest BCUT2D eigenvalue weighted by Crippen LogP contribution is 2.37. The first-order chi connectivity index (χ1) is 15.1. The Morgan fingerprint density at radius 2 is 1.71 bits per heavy atom. The van der Waals surface area contributed by atoms with Crippen molar-refractivity contribution in [3.05, 3.63) is 83.6 Å². The predicted molar refractivity (Wildman–Crippen MR) is 124 cm³/mol. The third-order valence-electron chi connectivity index (χ3n) is 6.47. The number of aromatic nitrogens is 1. The van der Waals surface area contributed by atoms with Crippen LogP contribution >= 0.6 is 11.6 Å². The Kier molecular flexibility index (Phi) is 5.38. The van der Waals surface area contributed by atoms with E-state index in [1.54, 1.807) is 0 Å². The molecule has 0 saturated carbocycles. The molecule has 0 unspecified atom stereocenters. The van der Waals surface area contributed by atoms with Crippen molar-refractivity contribution in [2.45, 2.75) is 24.9 Å². The Bertz CT molecular complexity index is 1060. The van der Waals surface area contributed by atoms with Crippen LogP contribution in [0, 0.1) is 0 Å². The van der Waals surface area contributed by atoms with Crippen LogP contribution in [0.3, 0.4) is 0 Å². The second-order valence-electron chi connectivity index (χ2n) is 8.28. The molecule has 0 bridgehead atoms. The van der Waals surface area contributed by atoms with Gasteiger partial charge in [-0.15, -0.1) is 0 Å². The van der Waals surface area contributed by atoms with E-state index in [1.165, 1.54) is 11.1 Å². The fourth-order valence-electron chi connectivity index (χ4n) is 4.73. The highest BCUT2D eigenvalue weighted by atomic mass is 35.5. The molecule has 5 rings (SSSR count). The summed E-state index contributed by atoms with van der Waals surface area (Å²) in [6, 6.07) is 22.4. The highest BCUT2D eigenvalue weighted by molar-refractivity contribution is 6.30. The number of piperidine rings is 1. The van der Waals surface area contributed by atoms with Gasteiger partial charge in [-0.2, -0.15) is 0 Å². The molecule has 0 aliphatic carbocycles. The smallest absolute Gasteiger partial charge is 0.247 e. The number of nitrogens with one attached hydrogen (secondary N) is 1. The minimum Gasteiger partial charge on any atom is -0.339 e. The quantitative estimate of drug-likeness (QED) is 0.666.